The number of nitrogens with zero attached hydrogens (tertiary/aromatic N) is 9. The highest BCUT2D eigenvalue weighted by Crippen LogP contribution is 2.45. The summed E-state index contributed by atoms with van der Waals surface area (Å²) in [5, 5.41) is 58.5. The second-order valence-corrected chi connectivity index (χ2v) is 16.4. The van der Waals surface area contributed by atoms with Gasteiger partial charge in [0.2, 0.25) is 5.13 Å². The fourth-order valence-corrected chi connectivity index (χ4v) is 9.11. The number of aromatic carboxylic acids is 2. The van der Waals surface area contributed by atoms with Gasteiger partial charge in [0.15, 0.2) is 16.8 Å². The van der Waals surface area contributed by atoms with E-state index in [0.29, 0.717) is 55.1 Å². The number of para-hydroxylation sites is 2. The fourth-order valence-electron chi connectivity index (χ4n) is 7.21. The number of aromatic nitrogens is 5. The van der Waals surface area contributed by atoms with Crippen LogP contribution in [0.3, 0.4) is 0 Å². The number of carboxylic acids is 3. The third-order valence-corrected chi connectivity index (χ3v) is 12.0. The molecule has 8 aromatic rings. The monoisotopic (exact) mass is 862 g/mol. The smallest absolute Gasteiger partial charge is 0.335 e. The van der Waals surface area contributed by atoms with E-state index in [-0.39, 0.29) is 45.4 Å². The van der Waals surface area contributed by atoms with Crippen molar-refractivity contribution in [3.8, 4) is 11.2 Å². The second-order valence-electron chi connectivity index (χ2n) is 14.4. The lowest BCUT2D eigenvalue weighted by Crippen LogP contribution is -2.17. The van der Waals surface area contributed by atoms with Crippen molar-refractivity contribution in [3.63, 3.8) is 0 Å². The third kappa shape index (κ3) is 7.69. The number of nitrogens with one attached hydrogen (secondary N) is 1. The maximum Gasteiger partial charge on any atom is 0.335 e. The normalized spacial score (nSPS) is 11.4. The van der Waals surface area contributed by atoms with Crippen LogP contribution in [0.15, 0.2) is 89.1 Å². The molecule has 0 saturated carbocycles. The number of hydrogen-bond acceptors (Lipinski definition) is 14. The first kappa shape index (κ1) is 40.9. The summed E-state index contributed by atoms with van der Waals surface area (Å²) in [6.07, 6.45) is -0.556. The average Bonchev–Trinajstić information content (AvgIpc) is 3.94. The van der Waals surface area contributed by atoms with E-state index in [1.165, 1.54) is 39.5 Å². The number of benzene rings is 4. The third-order valence-electron chi connectivity index (χ3n) is 9.94. The van der Waals surface area contributed by atoms with Crippen LogP contribution in [-0.2, 0) is 11.2 Å². The molecule has 0 aliphatic carbocycles. The molecule has 0 unspecified atom stereocenters. The standard InChI is InChI=1S/C44H34N10O6S2/c1-21-14-27(41(57)58)15-22(2)36(21)49-39-37(50-51-40-29(20-45)25(5)52-54(40)44-47-31-11-7-9-13-33(31)62-44)26(19-35(55)56)18-34(48-39)53(43-46-30-10-6-8-12-32(30)61-43)38-23(3)16-28(42(59)60)17-24(38)4/h6-18H,19H2,1-5H3,(H,48,49)(H,55,56)(H,57,58)(H,59,60). The summed E-state index contributed by atoms with van der Waals surface area (Å²) < 4.78 is 3.17. The van der Waals surface area contributed by atoms with Crippen molar-refractivity contribution in [2.75, 3.05) is 10.2 Å². The van der Waals surface area contributed by atoms with Gasteiger partial charge < -0.3 is 20.6 Å². The molecule has 0 spiro atoms. The largest absolute Gasteiger partial charge is 0.481 e. The van der Waals surface area contributed by atoms with Gasteiger partial charge in [-0.25, -0.2) is 24.5 Å². The van der Waals surface area contributed by atoms with Crippen molar-refractivity contribution < 1.29 is 29.7 Å². The Morgan fingerprint density at radius 1 is 0.774 bits per heavy atom. The van der Waals surface area contributed by atoms with Crippen molar-refractivity contribution in [3.05, 3.63) is 129 Å². The molecule has 308 valence electrons. The Hall–Kier alpha value is -7.88. The van der Waals surface area contributed by atoms with E-state index in [1.54, 1.807) is 57.7 Å². The summed E-state index contributed by atoms with van der Waals surface area (Å²) in [6, 6.07) is 24.9. The maximum absolute atomic E-state index is 12.7. The van der Waals surface area contributed by atoms with Crippen LogP contribution in [0, 0.1) is 45.9 Å². The molecule has 0 aliphatic rings. The SMILES string of the molecule is Cc1cc(C(=O)O)cc(C)c1Nc1nc(N(c2nc3ccccc3s2)c2c(C)cc(C(=O)O)cc2C)cc(CC(=O)O)c1N=Nc1c(C#N)c(C)nn1-c1nc2ccccc2s1. The fraction of sp³-hybridized carbons (Fsp3) is 0.136. The molecule has 0 fully saturated rings. The summed E-state index contributed by atoms with van der Waals surface area (Å²) in [7, 11) is 0. The zero-order chi connectivity index (χ0) is 44.0. The molecule has 18 heteroatoms. The van der Waals surface area contributed by atoms with E-state index in [0.717, 1.165) is 14.9 Å². The summed E-state index contributed by atoms with van der Waals surface area (Å²) >= 11 is 2.70. The first-order valence-corrected chi connectivity index (χ1v) is 20.5. The Morgan fingerprint density at radius 2 is 1.35 bits per heavy atom. The van der Waals surface area contributed by atoms with Crippen molar-refractivity contribution in [1.29, 1.82) is 5.26 Å². The Morgan fingerprint density at radius 3 is 1.92 bits per heavy atom. The zero-order valence-corrected chi connectivity index (χ0v) is 35.3. The quantitative estimate of drug-likeness (QED) is 0.0838. The lowest BCUT2D eigenvalue weighted by atomic mass is 10.0. The van der Waals surface area contributed by atoms with Gasteiger partial charge in [-0.05, 0) is 117 Å². The summed E-state index contributed by atoms with van der Waals surface area (Å²) in [6.45, 7) is 8.67. The van der Waals surface area contributed by atoms with Gasteiger partial charge in [-0.2, -0.15) is 15.0 Å². The number of carbonyl (C=O) groups is 3. The van der Waals surface area contributed by atoms with Crippen molar-refractivity contribution in [2.24, 2.45) is 10.2 Å². The number of carboxylic acid groups (broad SMARTS) is 3. The molecule has 4 N–H and O–H groups in total. The van der Waals surface area contributed by atoms with Gasteiger partial charge in [0.25, 0.3) is 0 Å². The van der Waals surface area contributed by atoms with Crippen LogP contribution in [0.4, 0.5) is 39.6 Å². The number of aliphatic carboxylic acids is 1. The number of thiazole rings is 2. The van der Waals surface area contributed by atoms with Gasteiger partial charge in [0.05, 0.1) is 49.4 Å². The van der Waals surface area contributed by atoms with Crippen LogP contribution < -0.4 is 10.2 Å². The number of rotatable bonds is 12. The first-order valence-electron chi connectivity index (χ1n) is 18.9. The van der Waals surface area contributed by atoms with E-state index in [2.05, 4.69) is 26.7 Å². The van der Waals surface area contributed by atoms with Crippen LogP contribution in [0.1, 0.15) is 59.8 Å². The van der Waals surface area contributed by atoms with Gasteiger partial charge in [-0.3, -0.25) is 9.69 Å². The topological polar surface area (TPSA) is 232 Å². The first-order chi connectivity index (χ1) is 29.7. The number of nitriles is 1. The molecule has 0 aliphatic heterocycles. The van der Waals surface area contributed by atoms with Gasteiger partial charge in [0, 0.05) is 5.69 Å². The Kier molecular flexibility index (Phi) is 10.7. The average molecular weight is 863 g/mol. The van der Waals surface area contributed by atoms with Crippen LogP contribution in [0.25, 0.3) is 25.6 Å². The lowest BCUT2D eigenvalue weighted by Gasteiger charge is -2.27. The molecular formula is C44H34N10O6S2. The minimum Gasteiger partial charge on any atom is -0.481 e. The Bertz CT molecular complexity index is 3120. The van der Waals surface area contributed by atoms with Crippen LogP contribution >= 0.6 is 22.7 Å². The van der Waals surface area contributed by atoms with E-state index in [9.17, 15) is 35.0 Å². The molecule has 8 rings (SSSR count). The molecular weight excluding hydrogens is 829 g/mol. The predicted octanol–water partition coefficient (Wildman–Crippen LogP) is 10.6. The minimum atomic E-state index is -1.19. The van der Waals surface area contributed by atoms with E-state index in [4.69, 9.17) is 15.0 Å². The molecule has 16 nitrogen and oxygen atoms in total. The van der Waals surface area contributed by atoms with Gasteiger partial charge >= 0.3 is 17.9 Å². The molecule has 0 radical (unpaired) electrons. The van der Waals surface area contributed by atoms with E-state index >= 15 is 0 Å². The number of fused-ring (bicyclic) bond motifs is 2. The Labute approximate surface area is 360 Å². The van der Waals surface area contributed by atoms with Gasteiger partial charge in [-0.1, -0.05) is 46.9 Å². The summed E-state index contributed by atoms with van der Waals surface area (Å²) in [4.78, 5) is 53.4. The number of pyridine rings is 1. The highest BCUT2D eigenvalue weighted by atomic mass is 32.1. The Balaban J connectivity index is 1.40. The maximum atomic E-state index is 12.7. The van der Waals surface area contributed by atoms with Crippen LogP contribution in [0.2, 0.25) is 0 Å². The molecule has 0 saturated heterocycles. The molecule has 0 atom stereocenters. The number of anilines is 5. The predicted molar refractivity (Wildman–Crippen MR) is 236 cm³/mol. The van der Waals surface area contributed by atoms with E-state index in [1.807, 2.05) is 48.5 Å². The molecule has 4 aromatic carbocycles. The van der Waals surface area contributed by atoms with Gasteiger partial charge in [-0.15, -0.1) is 10.2 Å². The zero-order valence-electron chi connectivity index (χ0n) is 33.6. The number of azo groups is 1. The van der Waals surface area contributed by atoms with Crippen molar-refractivity contribution in [1.82, 2.24) is 24.7 Å². The minimum absolute atomic E-state index is 0.00905. The van der Waals surface area contributed by atoms with Crippen LogP contribution in [0.5, 0.6) is 0 Å². The summed E-state index contributed by atoms with van der Waals surface area (Å²) in [5.41, 5.74) is 5.55. The van der Waals surface area contributed by atoms with Crippen molar-refractivity contribution in [2.45, 2.75) is 41.0 Å². The highest BCUT2D eigenvalue weighted by Gasteiger charge is 2.28. The van der Waals surface area contributed by atoms with E-state index < -0.39 is 24.3 Å². The number of aryl methyl sites for hydroxylation is 5. The molecule has 0 amide bonds. The summed E-state index contributed by atoms with van der Waals surface area (Å²) in [5.74, 6) is -3.10. The second kappa shape index (κ2) is 16.3. The van der Waals surface area contributed by atoms with Gasteiger partial charge in [0.1, 0.15) is 23.1 Å². The molecule has 0 bridgehead atoms. The highest BCUT2D eigenvalue weighted by molar-refractivity contribution is 7.22. The molecule has 4 heterocycles. The van der Waals surface area contributed by atoms with Crippen molar-refractivity contribution >= 4 is 101 Å². The molecule has 4 aromatic heterocycles. The number of hydrogen-bond donors (Lipinski definition) is 4. The molecule has 62 heavy (non-hydrogen) atoms. The lowest BCUT2D eigenvalue weighted by molar-refractivity contribution is -0.136. The van der Waals surface area contributed by atoms with Crippen LogP contribution in [-0.4, -0.2) is 58.0 Å².